The summed E-state index contributed by atoms with van der Waals surface area (Å²) in [5.41, 5.74) is 1.27. The van der Waals surface area contributed by atoms with Crippen LogP contribution in [0.3, 0.4) is 0 Å². The summed E-state index contributed by atoms with van der Waals surface area (Å²) in [6.45, 7) is 3.99. The molecular weight excluding hydrogens is 535 g/mol. The summed E-state index contributed by atoms with van der Waals surface area (Å²) in [5, 5.41) is 5.51. The highest BCUT2D eigenvalue weighted by Crippen LogP contribution is 2.24. The van der Waals surface area contributed by atoms with Crippen molar-refractivity contribution in [2.45, 2.75) is 25.8 Å². The molecule has 0 bridgehead atoms. The number of nitrogens with one attached hydrogen (secondary N) is 1. The Kier molecular flexibility index (Phi) is 11.2. The average Bonchev–Trinajstić information content (AvgIpc) is 3.32. The maximum absolute atomic E-state index is 12.0. The quantitative estimate of drug-likeness (QED) is 0.299. The van der Waals surface area contributed by atoms with Gasteiger partial charge < -0.3 is 20.0 Å². The second-order valence-electron chi connectivity index (χ2n) is 8.21. The van der Waals surface area contributed by atoms with Crippen molar-refractivity contribution in [3.8, 4) is 0 Å². The zero-order valence-electron chi connectivity index (χ0n) is 19.2. The number of nitrogens with zero attached hydrogens (tertiary/aromatic N) is 5. The number of amides is 1. The fourth-order valence-corrected chi connectivity index (χ4v) is 4.34. The number of aromatic nitrogens is 1. The van der Waals surface area contributed by atoms with Gasteiger partial charge in [0.25, 0.3) is 0 Å². The third kappa shape index (κ3) is 8.23. The number of carbonyl (C=O) groups is 1. The highest BCUT2D eigenvalue weighted by Gasteiger charge is 2.20. The van der Waals surface area contributed by atoms with Crippen LogP contribution in [0.5, 0.6) is 0 Å². The SMILES string of the molecule is CN(C)C(=O)CN=C(NCc1cccs1)N(C)CCC1CCN(c2ccncc2)CC1.I. The van der Waals surface area contributed by atoms with Crippen LogP contribution in [0.2, 0.25) is 0 Å². The monoisotopic (exact) mass is 570 g/mol. The molecule has 2 aromatic heterocycles. The van der Waals surface area contributed by atoms with Crippen molar-refractivity contribution in [2.75, 3.05) is 52.2 Å². The Morgan fingerprint density at radius 2 is 1.94 bits per heavy atom. The number of likely N-dealkylation sites (N-methyl/N-ethyl adjacent to an activating group) is 1. The Balaban J connectivity index is 0.00000363. The first-order chi connectivity index (χ1) is 15.0. The Morgan fingerprint density at radius 3 is 2.56 bits per heavy atom. The maximum atomic E-state index is 12.0. The van der Waals surface area contributed by atoms with E-state index in [2.05, 4.69) is 61.8 Å². The summed E-state index contributed by atoms with van der Waals surface area (Å²) in [6, 6.07) is 8.34. The molecule has 0 atom stereocenters. The zero-order chi connectivity index (χ0) is 22.1. The number of hydrogen-bond donors (Lipinski definition) is 1. The molecule has 0 saturated carbocycles. The molecule has 1 aliphatic rings. The van der Waals surface area contributed by atoms with E-state index in [1.807, 2.05) is 12.4 Å². The molecule has 0 aliphatic carbocycles. The van der Waals surface area contributed by atoms with Crippen LogP contribution in [-0.2, 0) is 11.3 Å². The van der Waals surface area contributed by atoms with E-state index in [0.29, 0.717) is 5.92 Å². The summed E-state index contributed by atoms with van der Waals surface area (Å²) in [6.07, 6.45) is 7.25. The van der Waals surface area contributed by atoms with Gasteiger partial charge in [0.05, 0.1) is 6.54 Å². The van der Waals surface area contributed by atoms with Gasteiger partial charge in [-0.3, -0.25) is 9.78 Å². The largest absolute Gasteiger partial charge is 0.371 e. The van der Waals surface area contributed by atoms with Crippen LogP contribution in [0.15, 0.2) is 47.0 Å². The number of piperidine rings is 1. The van der Waals surface area contributed by atoms with E-state index in [-0.39, 0.29) is 36.4 Å². The lowest BCUT2D eigenvalue weighted by Gasteiger charge is -2.34. The first-order valence-electron chi connectivity index (χ1n) is 10.9. The number of halogens is 1. The van der Waals surface area contributed by atoms with Gasteiger partial charge in [0, 0.05) is 63.7 Å². The topological polar surface area (TPSA) is 64.1 Å². The molecule has 1 saturated heterocycles. The van der Waals surface area contributed by atoms with Gasteiger partial charge in [-0.15, -0.1) is 35.3 Å². The van der Waals surface area contributed by atoms with E-state index in [1.54, 1.807) is 30.3 Å². The van der Waals surface area contributed by atoms with Crippen molar-refractivity contribution in [3.05, 3.63) is 46.9 Å². The Labute approximate surface area is 212 Å². The molecule has 2 aromatic rings. The lowest BCUT2D eigenvalue weighted by molar-refractivity contribution is -0.127. The molecule has 0 unspecified atom stereocenters. The fraction of sp³-hybridized carbons (Fsp3) is 0.522. The van der Waals surface area contributed by atoms with Crippen LogP contribution in [0, 0.1) is 5.92 Å². The van der Waals surface area contributed by atoms with Gasteiger partial charge in [-0.25, -0.2) is 4.99 Å². The average molecular weight is 571 g/mol. The minimum absolute atomic E-state index is 0. The Morgan fingerprint density at radius 1 is 1.22 bits per heavy atom. The zero-order valence-corrected chi connectivity index (χ0v) is 22.4. The van der Waals surface area contributed by atoms with Crippen LogP contribution in [0.4, 0.5) is 5.69 Å². The van der Waals surface area contributed by atoms with E-state index in [4.69, 9.17) is 0 Å². The lowest BCUT2D eigenvalue weighted by Crippen LogP contribution is -2.41. The van der Waals surface area contributed by atoms with Gasteiger partial charge >= 0.3 is 0 Å². The second kappa shape index (κ2) is 13.6. The highest BCUT2D eigenvalue weighted by atomic mass is 127. The van der Waals surface area contributed by atoms with Crippen LogP contribution in [0.1, 0.15) is 24.1 Å². The number of rotatable bonds is 8. The van der Waals surface area contributed by atoms with Crippen LogP contribution >= 0.6 is 35.3 Å². The predicted molar refractivity (Wildman–Crippen MR) is 144 cm³/mol. The van der Waals surface area contributed by atoms with E-state index in [9.17, 15) is 4.79 Å². The molecule has 3 rings (SSSR count). The number of thiophene rings is 1. The molecule has 1 N–H and O–H groups in total. The molecule has 1 fully saturated rings. The Bertz CT molecular complexity index is 822. The van der Waals surface area contributed by atoms with Crippen molar-refractivity contribution >= 4 is 52.9 Å². The van der Waals surface area contributed by atoms with Gasteiger partial charge in [-0.05, 0) is 48.8 Å². The van der Waals surface area contributed by atoms with E-state index in [1.165, 1.54) is 23.4 Å². The standard InChI is InChI=1S/C23H34N6OS.HI/c1-27(2)22(30)18-26-23(25-17-21-5-4-16-31-21)28(3)13-8-19-9-14-29(15-10-19)20-6-11-24-12-7-20;/h4-7,11-12,16,19H,8-10,13-15,17-18H2,1-3H3,(H,25,26);1H. The summed E-state index contributed by atoms with van der Waals surface area (Å²) in [7, 11) is 5.59. The van der Waals surface area contributed by atoms with Crippen molar-refractivity contribution in [1.29, 1.82) is 0 Å². The Hall–Kier alpha value is -1.88. The molecule has 0 aromatic carbocycles. The van der Waals surface area contributed by atoms with Gasteiger partial charge in [0.1, 0.15) is 6.54 Å². The fourth-order valence-electron chi connectivity index (χ4n) is 3.69. The molecule has 3 heterocycles. The van der Waals surface area contributed by atoms with Crippen LogP contribution in [0.25, 0.3) is 0 Å². The van der Waals surface area contributed by atoms with Crippen LogP contribution < -0.4 is 10.2 Å². The molecule has 9 heteroatoms. The number of pyridine rings is 1. The van der Waals surface area contributed by atoms with Gasteiger partial charge in [-0.1, -0.05) is 6.07 Å². The molecule has 0 radical (unpaired) electrons. The third-order valence-corrected chi connectivity index (χ3v) is 6.62. The van der Waals surface area contributed by atoms with E-state index in [0.717, 1.165) is 38.6 Å². The van der Waals surface area contributed by atoms with Crippen molar-refractivity contribution in [1.82, 2.24) is 20.1 Å². The number of aliphatic imine (C=N–C) groups is 1. The first-order valence-corrected chi connectivity index (χ1v) is 11.8. The lowest BCUT2D eigenvalue weighted by atomic mass is 9.93. The summed E-state index contributed by atoms with van der Waals surface area (Å²) in [4.78, 5) is 28.2. The molecule has 32 heavy (non-hydrogen) atoms. The maximum Gasteiger partial charge on any atom is 0.243 e. The van der Waals surface area contributed by atoms with Crippen molar-refractivity contribution < 1.29 is 4.79 Å². The number of hydrogen-bond acceptors (Lipinski definition) is 5. The minimum atomic E-state index is 0. The molecule has 176 valence electrons. The number of anilines is 1. The van der Waals surface area contributed by atoms with Gasteiger partial charge in [0.15, 0.2) is 5.96 Å². The normalized spacial score (nSPS) is 14.6. The third-order valence-electron chi connectivity index (χ3n) is 5.74. The molecular formula is C23H35IN6OS. The highest BCUT2D eigenvalue weighted by molar-refractivity contribution is 14.0. The second-order valence-corrected chi connectivity index (χ2v) is 9.24. The van der Waals surface area contributed by atoms with Crippen molar-refractivity contribution in [2.24, 2.45) is 10.9 Å². The smallest absolute Gasteiger partial charge is 0.243 e. The molecule has 0 spiro atoms. The van der Waals surface area contributed by atoms with Gasteiger partial charge in [0.2, 0.25) is 5.91 Å². The van der Waals surface area contributed by atoms with Crippen molar-refractivity contribution in [3.63, 3.8) is 0 Å². The molecule has 1 aliphatic heterocycles. The molecule has 7 nitrogen and oxygen atoms in total. The van der Waals surface area contributed by atoms with E-state index < -0.39 is 0 Å². The minimum Gasteiger partial charge on any atom is -0.371 e. The molecule has 1 amide bonds. The number of guanidine groups is 1. The van der Waals surface area contributed by atoms with Gasteiger partial charge in [-0.2, -0.15) is 0 Å². The summed E-state index contributed by atoms with van der Waals surface area (Å²) in [5.74, 6) is 1.51. The van der Waals surface area contributed by atoms with E-state index >= 15 is 0 Å². The number of carbonyl (C=O) groups excluding carboxylic acids is 1. The summed E-state index contributed by atoms with van der Waals surface area (Å²) >= 11 is 1.72. The predicted octanol–water partition coefficient (Wildman–Crippen LogP) is 3.53. The van der Waals surface area contributed by atoms with Crippen LogP contribution in [-0.4, -0.2) is 74.0 Å². The summed E-state index contributed by atoms with van der Waals surface area (Å²) < 4.78 is 0. The first kappa shape index (κ1) is 26.4.